The zero-order valence-corrected chi connectivity index (χ0v) is 15.0. The Balaban J connectivity index is 1.47. The second kappa shape index (κ2) is 8.18. The van der Waals surface area contributed by atoms with E-state index < -0.39 is 0 Å². The van der Waals surface area contributed by atoms with Crippen LogP contribution in [-0.2, 0) is 4.79 Å². The van der Waals surface area contributed by atoms with Gasteiger partial charge >= 0.3 is 0 Å². The molecule has 138 valence electrons. The molecule has 6 nitrogen and oxygen atoms in total. The Kier molecular flexibility index (Phi) is 5.11. The van der Waals surface area contributed by atoms with Crippen LogP contribution in [-0.4, -0.2) is 27.3 Å². The lowest BCUT2D eigenvalue weighted by atomic mass is 10.1. The molecule has 1 N–H and O–H groups in total. The number of carbonyl (C=O) groups is 1. The van der Waals surface area contributed by atoms with Crippen LogP contribution in [0.2, 0.25) is 0 Å². The van der Waals surface area contributed by atoms with Gasteiger partial charge in [-0.1, -0.05) is 48.5 Å². The number of carbonyl (C=O) groups excluding carboxylic acids is 1. The molecule has 0 saturated carbocycles. The maximum Gasteiger partial charge on any atom is 0.262 e. The molecule has 2 aromatic heterocycles. The highest BCUT2D eigenvalue weighted by atomic mass is 16.5. The van der Waals surface area contributed by atoms with Crippen molar-refractivity contribution >= 4 is 11.6 Å². The van der Waals surface area contributed by atoms with Crippen LogP contribution in [0.5, 0.6) is 5.75 Å². The van der Waals surface area contributed by atoms with E-state index in [2.05, 4.69) is 15.4 Å². The summed E-state index contributed by atoms with van der Waals surface area (Å²) < 4.78 is 7.40. The van der Waals surface area contributed by atoms with E-state index in [1.807, 2.05) is 54.6 Å². The minimum absolute atomic E-state index is 0.114. The molecule has 0 aliphatic rings. The number of amides is 1. The molecule has 0 spiro atoms. The number of rotatable bonds is 6. The highest BCUT2D eigenvalue weighted by molar-refractivity contribution is 5.93. The number of aromatic nitrogens is 3. The summed E-state index contributed by atoms with van der Waals surface area (Å²) in [6.45, 7) is -0.114. The van der Waals surface area contributed by atoms with Gasteiger partial charge in [0.05, 0.1) is 5.69 Å². The predicted octanol–water partition coefficient (Wildman–Crippen LogP) is 3.95. The molecule has 0 atom stereocenters. The first-order chi connectivity index (χ1) is 13.8. The average Bonchev–Trinajstić information content (AvgIpc) is 3.28. The SMILES string of the molecule is O=C(COc1ccccc1-c1ccccc1)Nc1cccnc1-n1cccn1. The van der Waals surface area contributed by atoms with Crippen molar-refractivity contribution in [3.8, 4) is 22.7 Å². The zero-order chi connectivity index (χ0) is 19.2. The Hall–Kier alpha value is -3.93. The van der Waals surface area contributed by atoms with Crippen molar-refractivity contribution in [2.45, 2.75) is 0 Å². The van der Waals surface area contributed by atoms with Crippen LogP contribution in [0.1, 0.15) is 0 Å². The predicted molar refractivity (Wildman–Crippen MR) is 107 cm³/mol. The molecule has 0 unspecified atom stereocenters. The highest BCUT2D eigenvalue weighted by Crippen LogP contribution is 2.29. The molecule has 0 saturated heterocycles. The first-order valence-electron chi connectivity index (χ1n) is 8.83. The molecular formula is C22H18N4O2. The Morgan fingerprint density at radius 1 is 0.929 bits per heavy atom. The van der Waals surface area contributed by atoms with Crippen molar-refractivity contribution < 1.29 is 9.53 Å². The van der Waals surface area contributed by atoms with Gasteiger partial charge in [0, 0.05) is 24.2 Å². The summed E-state index contributed by atoms with van der Waals surface area (Å²) >= 11 is 0. The lowest BCUT2D eigenvalue weighted by Crippen LogP contribution is -2.21. The summed E-state index contributed by atoms with van der Waals surface area (Å²) in [6, 6.07) is 22.9. The van der Waals surface area contributed by atoms with E-state index in [9.17, 15) is 4.79 Å². The maximum atomic E-state index is 12.5. The van der Waals surface area contributed by atoms with E-state index in [0.717, 1.165) is 11.1 Å². The molecule has 28 heavy (non-hydrogen) atoms. The van der Waals surface area contributed by atoms with Crippen molar-refractivity contribution in [3.05, 3.63) is 91.4 Å². The molecule has 0 aliphatic heterocycles. The Bertz CT molecular complexity index is 1060. The van der Waals surface area contributed by atoms with Crippen LogP contribution in [0.15, 0.2) is 91.4 Å². The number of hydrogen-bond acceptors (Lipinski definition) is 4. The zero-order valence-electron chi connectivity index (χ0n) is 15.0. The topological polar surface area (TPSA) is 69.0 Å². The molecule has 1 amide bonds. The van der Waals surface area contributed by atoms with Crippen molar-refractivity contribution in [3.63, 3.8) is 0 Å². The third-order valence-electron chi connectivity index (χ3n) is 4.11. The van der Waals surface area contributed by atoms with Gasteiger partial charge in [0.2, 0.25) is 0 Å². The number of nitrogens with one attached hydrogen (secondary N) is 1. The maximum absolute atomic E-state index is 12.5. The van der Waals surface area contributed by atoms with E-state index in [0.29, 0.717) is 17.3 Å². The fourth-order valence-corrected chi connectivity index (χ4v) is 2.85. The van der Waals surface area contributed by atoms with Crippen molar-refractivity contribution in [1.29, 1.82) is 0 Å². The van der Waals surface area contributed by atoms with E-state index >= 15 is 0 Å². The summed E-state index contributed by atoms with van der Waals surface area (Å²) in [4.78, 5) is 16.8. The van der Waals surface area contributed by atoms with Crippen LogP contribution < -0.4 is 10.1 Å². The molecule has 2 aromatic carbocycles. The van der Waals surface area contributed by atoms with Crippen molar-refractivity contribution in [2.24, 2.45) is 0 Å². The van der Waals surface area contributed by atoms with Gasteiger partial charge in [-0.3, -0.25) is 4.79 Å². The van der Waals surface area contributed by atoms with Gasteiger partial charge in [-0.15, -0.1) is 0 Å². The second-order valence-corrected chi connectivity index (χ2v) is 6.02. The number of anilines is 1. The molecule has 2 heterocycles. The van der Waals surface area contributed by atoms with Gasteiger partial charge < -0.3 is 10.1 Å². The summed E-state index contributed by atoms with van der Waals surface area (Å²) in [6.07, 6.45) is 5.08. The second-order valence-electron chi connectivity index (χ2n) is 6.02. The fourth-order valence-electron chi connectivity index (χ4n) is 2.85. The lowest BCUT2D eigenvalue weighted by Gasteiger charge is -2.13. The Labute approximate surface area is 162 Å². The van der Waals surface area contributed by atoms with Crippen molar-refractivity contribution in [2.75, 3.05) is 11.9 Å². The van der Waals surface area contributed by atoms with Gasteiger partial charge in [-0.2, -0.15) is 5.10 Å². The van der Waals surface area contributed by atoms with E-state index in [1.165, 1.54) is 0 Å². The van der Waals surface area contributed by atoms with E-state index in [4.69, 9.17) is 4.74 Å². The molecule has 0 radical (unpaired) electrons. The molecule has 0 aliphatic carbocycles. The first kappa shape index (κ1) is 17.5. The summed E-state index contributed by atoms with van der Waals surface area (Å²) in [5.74, 6) is 0.928. The minimum Gasteiger partial charge on any atom is -0.483 e. The summed E-state index contributed by atoms with van der Waals surface area (Å²) in [5, 5.41) is 7.01. The van der Waals surface area contributed by atoms with Gasteiger partial charge in [-0.25, -0.2) is 9.67 Å². The smallest absolute Gasteiger partial charge is 0.262 e. The largest absolute Gasteiger partial charge is 0.483 e. The normalized spacial score (nSPS) is 10.4. The number of ether oxygens (including phenoxy) is 1. The number of pyridine rings is 1. The van der Waals surface area contributed by atoms with Gasteiger partial charge in [0.25, 0.3) is 5.91 Å². The molecule has 6 heteroatoms. The molecular weight excluding hydrogens is 352 g/mol. The number of para-hydroxylation sites is 1. The van der Waals surface area contributed by atoms with Crippen LogP contribution in [0.4, 0.5) is 5.69 Å². The number of hydrogen-bond donors (Lipinski definition) is 1. The fraction of sp³-hybridized carbons (Fsp3) is 0.0455. The third kappa shape index (κ3) is 3.91. The van der Waals surface area contributed by atoms with Crippen molar-refractivity contribution in [1.82, 2.24) is 14.8 Å². The quantitative estimate of drug-likeness (QED) is 0.558. The third-order valence-corrected chi connectivity index (χ3v) is 4.11. The van der Waals surface area contributed by atoms with Gasteiger partial charge in [0.1, 0.15) is 5.75 Å². The van der Waals surface area contributed by atoms with Gasteiger partial charge in [0.15, 0.2) is 12.4 Å². The highest BCUT2D eigenvalue weighted by Gasteiger charge is 2.12. The average molecular weight is 370 g/mol. The van der Waals surface area contributed by atoms with Crippen LogP contribution in [0, 0.1) is 0 Å². The number of benzene rings is 2. The minimum atomic E-state index is -0.274. The Morgan fingerprint density at radius 3 is 2.57 bits per heavy atom. The first-order valence-corrected chi connectivity index (χ1v) is 8.83. The van der Waals surface area contributed by atoms with Gasteiger partial charge in [-0.05, 0) is 29.8 Å². The number of nitrogens with zero attached hydrogens (tertiary/aromatic N) is 3. The van der Waals surface area contributed by atoms with Crippen LogP contribution >= 0.6 is 0 Å². The molecule has 0 fully saturated rings. The lowest BCUT2D eigenvalue weighted by molar-refractivity contribution is -0.118. The van der Waals surface area contributed by atoms with Crippen LogP contribution in [0.3, 0.4) is 0 Å². The van der Waals surface area contributed by atoms with E-state index in [-0.39, 0.29) is 12.5 Å². The summed E-state index contributed by atoms with van der Waals surface area (Å²) in [5.41, 5.74) is 2.54. The van der Waals surface area contributed by atoms with E-state index in [1.54, 1.807) is 41.5 Å². The molecule has 4 rings (SSSR count). The standard InChI is InChI=1S/C22H18N4O2/c27-21(25-19-11-6-13-23-22(19)26-15-7-14-24-26)16-28-20-12-5-4-10-18(20)17-8-2-1-3-9-17/h1-15H,16H2,(H,25,27). The molecule has 0 bridgehead atoms. The Morgan fingerprint density at radius 2 is 1.75 bits per heavy atom. The summed E-state index contributed by atoms with van der Waals surface area (Å²) in [7, 11) is 0. The van der Waals surface area contributed by atoms with Crippen LogP contribution in [0.25, 0.3) is 16.9 Å². The monoisotopic (exact) mass is 370 g/mol. The molecule has 4 aromatic rings.